The average molecular weight is 274 g/mol. The quantitative estimate of drug-likeness (QED) is 0.635. The standard InChI is InChI=1S/C14H12ClN3O/c1-19-13-6-4-12(5-7-13)14(15)18-17-10-11-3-2-8-16-9-11/h2-10H,1H3/b17-10+,18-14-. The van der Waals surface area contributed by atoms with Gasteiger partial charge in [-0.1, -0.05) is 17.7 Å². The zero-order valence-corrected chi connectivity index (χ0v) is 11.1. The molecule has 0 aliphatic heterocycles. The predicted molar refractivity (Wildman–Crippen MR) is 77.2 cm³/mol. The highest BCUT2D eigenvalue weighted by atomic mass is 35.5. The Morgan fingerprint density at radius 1 is 1.26 bits per heavy atom. The summed E-state index contributed by atoms with van der Waals surface area (Å²) in [5.41, 5.74) is 1.65. The maximum atomic E-state index is 6.05. The molecule has 0 unspecified atom stereocenters. The number of aromatic nitrogens is 1. The van der Waals surface area contributed by atoms with Crippen LogP contribution in [0.25, 0.3) is 0 Å². The molecule has 0 spiro atoms. The van der Waals surface area contributed by atoms with Gasteiger partial charge < -0.3 is 4.74 Å². The van der Waals surface area contributed by atoms with Gasteiger partial charge in [0.25, 0.3) is 0 Å². The minimum atomic E-state index is 0.322. The number of nitrogens with zero attached hydrogens (tertiary/aromatic N) is 3. The molecule has 2 rings (SSSR count). The molecule has 2 aromatic rings. The van der Waals surface area contributed by atoms with E-state index in [1.165, 1.54) is 0 Å². The first-order valence-electron chi connectivity index (χ1n) is 5.60. The summed E-state index contributed by atoms with van der Waals surface area (Å²) in [5, 5.41) is 8.17. The van der Waals surface area contributed by atoms with Crippen LogP contribution in [0, 0.1) is 0 Å². The molecule has 0 amide bonds. The van der Waals surface area contributed by atoms with Gasteiger partial charge in [0.15, 0.2) is 5.17 Å². The van der Waals surface area contributed by atoms with Crippen molar-refractivity contribution in [3.63, 3.8) is 0 Å². The van der Waals surface area contributed by atoms with Gasteiger partial charge in [-0.15, -0.1) is 5.10 Å². The summed E-state index contributed by atoms with van der Waals surface area (Å²) in [4.78, 5) is 3.97. The first-order chi connectivity index (χ1) is 9.29. The van der Waals surface area contributed by atoms with Crippen LogP contribution in [0.15, 0.2) is 59.0 Å². The molecular weight excluding hydrogens is 262 g/mol. The van der Waals surface area contributed by atoms with Crippen LogP contribution in [-0.4, -0.2) is 23.5 Å². The highest BCUT2D eigenvalue weighted by Crippen LogP contribution is 2.13. The number of hydrogen-bond acceptors (Lipinski definition) is 4. The van der Waals surface area contributed by atoms with Crippen molar-refractivity contribution < 1.29 is 4.74 Å². The maximum absolute atomic E-state index is 6.05. The average Bonchev–Trinajstić information content (AvgIpc) is 2.48. The van der Waals surface area contributed by atoms with Crippen LogP contribution in [0.5, 0.6) is 5.75 Å². The summed E-state index contributed by atoms with van der Waals surface area (Å²) in [6.07, 6.45) is 4.99. The lowest BCUT2D eigenvalue weighted by molar-refractivity contribution is 0.415. The second-order valence-corrected chi connectivity index (χ2v) is 4.01. The van der Waals surface area contributed by atoms with Gasteiger partial charge >= 0.3 is 0 Å². The van der Waals surface area contributed by atoms with E-state index in [-0.39, 0.29) is 0 Å². The molecule has 0 saturated carbocycles. The van der Waals surface area contributed by atoms with Crippen LogP contribution in [0.4, 0.5) is 0 Å². The van der Waals surface area contributed by atoms with Crippen LogP contribution in [0.2, 0.25) is 0 Å². The summed E-state index contributed by atoms with van der Waals surface area (Å²) < 4.78 is 5.07. The molecule has 1 aromatic carbocycles. The second kappa shape index (κ2) is 6.66. The number of hydrogen-bond donors (Lipinski definition) is 0. The molecule has 4 nitrogen and oxygen atoms in total. The van der Waals surface area contributed by atoms with Crippen molar-refractivity contribution in [2.75, 3.05) is 7.11 Å². The molecular formula is C14H12ClN3O. The summed E-state index contributed by atoms with van der Waals surface area (Å²) in [7, 11) is 1.61. The van der Waals surface area contributed by atoms with Crippen LogP contribution >= 0.6 is 11.6 Å². The van der Waals surface area contributed by atoms with Crippen LogP contribution < -0.4 is 4.74 Å². The molecule has 0 saturated heterocycles. The molecule has 0 fully saturated rings. The largest absolute Gasteiger partial charge is 0.497 e. The summed E-state index contributed by atoms with van der Waals surface area (Å²) >= 11 is 6.05. The molecule has 0 radical (unpaired) electrons. The van der Waals surface area contributed by atoms with E-state index in [4.69, 9.17) is 16.3 Å². The van der Waals surface area contributed by atoms with Crippen molar-refractivity contribution in [2.24, 2.45) is 10.2 Å². The molecule has 96 valence electrons. The summed E-state index contributed by atoms with van der Waals surface area (Å²) in [5.74, 6) is 0.770. The highest BCUT2D eigenvalue weighted by molar-refractivity contribution is 6.69. The van der Waals surface area contributed by atoms with Crippen molar-refractivity contribution in [1.82, 2.24) is 4.98 Å². The lowest BCUT2D eigenvalue weighted by atomic mass is 10.2. The number of ether oxygens (including phenoxy) is 1. The Kier molecular flexibility index (Phi) is 4.64. The minimum absolute atomic E-state index is 0.322. The smallest absolute Gasteiger partial charge is 0.158 e. The van der Waals surface area contributed by atoms with Crippen molar-refractivity contribution in [3.05, 3.63) is 59.9 Å². The zero-order chi connectivity index (χ0) is 13.5. The van der Waals surface area contributed by atoms with Gasteiger partial charge in [-0.05, 0) is 30.3 Å². The number of benzene rings is 1. The highest BCUT2D eigenvalue weighted by Gasteiger charge is 1.99. The lowest BCUT2D eigenvalue weighted by Gasteiger charge is -2.00. The number of halogens is 1. The van der Waals surface area contributed by atoms with E-state index >= 15 is 0 Å². The lowest BCUT2D eigenvalue weighted by Crippen LogP contribution is -1.91. The Bertz CT molecular complexity index is 579. The Labute approximate surface area is 116 Å². The molecule has 0 atom stereocenters. The van der Waals surface area contributed by atoms with E-state index in [0.29, 0.717) is 5.17 Å². The van der Waals surface area contributed by atoms with Gasteiger partial charge in [0.2, 0.25) is 0 Å². The van der Waals surface area contributed by atoms with Crippen LogP contribution in [0.3, 0.4) is 0 Å². The first-order valence-corrected chi connectivity index (χ1v) is 5.98. The van der Waals surface area contributed by atoms with Gasteiger partial charge in [-0.25, -0.2) is 0 Å². The van der Waals surface area contributed by atoms with E-state index in [0.717, 1.165) is 16.9 Å². The van der Waals surface area contributed by atoms with E-state index in [1.807, 2.05) is 36.4 Å². The Balaban J connectivity index is 2.08. The molecule has 1 heterocycles. The molecule has 1 aromatic heterocycles. The van der Waals surface area contributed by atoms with Crippen LogP contribution in [0.1, 0.15) is 11.1 Å². The fourth-order valence-electron chi connectivity index (χ4n) is 1.38. The third-order valence-corrected chi connectivity index (χ3v) is 2.66. The van der Waals surface area contributed by atoms with Crippen molar-refractivity contribution in [1.29, 1.82) is 0 Å². The summed E-state index contributed by atoms with van der Waals surface area (Å²) in [6.45, 7) is 0. The molecule has 0 N–H and O–H groups in total. The SMILES string of the molecule is COc1ccc(/C(Cl)=N/N=C/c2cccnc2)cc1. The third kappa shape index (κ3) is 3.89. The third-order valence-electron chi connectivity index (χ3n) is 2.36. The molecule has 0 bridgehead atoms. The van der Waals surface area contributed by atoms with Gasteiger partial charge in [0, 0.05) is 23.5 Å². The normalized spacial score (nSPS) is 11.8. The Morgan fingerprint density at radius 2 is 2.05 bits per heavy atom. The van der Waals surface area contributed by atoms with E-state index < -0.39 is 0 Å². The number of rotatable bonds is 4. The Hall–Kier alpha value is -2.20. The monoisotopic (exact) mass is 273 g/mol. The molecule has 0 aliphatic carbocycles. The topological polar surface area (TPSA) is 46.8 Å². The molecule has 0 aliphatic rings. The van der Waals surface area contributed by atoms with Gasteiger partial charge in [-0.3, -0.25) is 4.98 Å². The van der Waals surface area contributed by atoms with Crippen molar-refractivity contribution in [3.8, 4) is 5.75 Å². The summed E-state index contributed by atoms with van der Waals surface area (Å²) in [6, 6.07) is 11.0. The minimum Gasteiger partial charge on any atom is -0.497 e. The number of methoxy groups -OCH3 is 1. The van der Waals surface area contributed by atoms with Gasteiger partial charge in [-0.2, -0.15) is 5.10 Å². The first kappa shape index (κ1) is 13.2. The maximum Gasteiger partial charge on any atom is 0.158 e. The molecule has 19 heavy (non-hydrogen) atoms. The van der Waals surface area contributed by atoms with Gasteiger partial charge in [0.05, 0.1) is 13.3 Å². The fraction of sp³-hybridized carbons (Fsp3) is 0.0714. The molecule has 5 heteroatoms. The zero-order valence-electron chi connectivity index (χ0n) is 10.3. The second-order valence-electron chi connectivity index (χ2n) is 3.65. The van der Waals surface area contributed by atoms with E-state index in [2.05, 4.69) is 15.2 Å². The van der Waals surface area contributed by atoms with Gasteiger partial charge in [0.1, 0.15) is 5.75 Å². The van der Waals surface area contributed by atoms with E-state index in [1.54, 1.807) is 25.7 Å². The predicted octanol–water partition coefficient (Wildman–Crippen LogP) is 3.11. The van der Waals surface area contributed by atoms with E-state index in [9.17, 15) is 0 Å². The van der Waals surface area contributed by atoms with Crippen molar-refractivity contribution >= 4 is 23.0 Å². The number of pyridine rings is 1. The van der Waals surface area contributed by atoms with Crippen LogP contribution in [-0.2, 0) is 0 Å². The van der Waals surface area contributed by atoms with Crippen molar-refractivity contribution in [2.45, 2.75) is 0 Å². The fourth-order valence-corrected chi connectivity index (χ4v) is 1.55. The Morgan fingerprint density at radius 3 is 2.68 bits per heavy atom.